The van der Waals surface area contributed by atoms with Gasteiger partial charge in [0.1, 0.15) is 17.2 Å². The van der Waals surface area contributed by atoms with Crippen LogP contribution in [0.5, 0.6) is 11.5 Å². The molecule has 3 rings (SSSR count). The first-order valence-corrected chi connectivity index (χ1v) is 8.83. The lowest BCUT2D eigenvalue weighted by Gasteiger charge is -2.15. The van der Waals surface area contributed by atoms with Gasteiger partial charge in [-0.3, -0.25) is 0 Å². The number of phenolic OH excluding ortho intramolecular Hbond substituents is 1. The third-order valence-electron chi connectivity index (χ3n) is 3.92. The minimum Gasteiger partial charge on any atom is -0.506 e. The van der Waals surface area contributed by atoms with Crippen LogP contribution in [0, 0.1) is 0 Å². The van der Waals surface area contributed by atoms with Crippen LogP contribution < -0.4 is 21.1 Å². The van der Waals surface area contributed by atoms with Gasteiger partial charge in [0.2, 0.25) is 5.95 Å². The van der Waals surface area contributed by atoms with Crippen molar-refractivity contribution in [2.75, 3.05) is 30.1 Å². The van der Waals surface area contributed by atoms with E-state index in [1.54, 1.807) is 44.4 Å². The molecule has 0 atom stereocenters. The summed E-state index contributed by atoms with van der Waals surface area (Å²) in [4.78, 5) is 20.9. The number of rotatable bonds is 7. The number of nitrogens with zero attached hydrogens (tertiary/aromatic N) is 2. The lowest BCUT2D eigenvalue weighted by molar-refractivity contribution is 0.0521. The topological polar surface area (TPSA) is 132 Å². The minimum absolute atomic E-state index is 0.00449. The molecule has 9 nitrogen and oxygen atoms in total. The Morgan fingerprint density at radius 1 is 1.07 bits per heavy atom. The van der Waals surface area contributed by atoms with E-state index in [9.17, 15) is 9.90 Å². The van der Waals surface area contributed by atoms with E-state index in [0.717, 1.165) is 0 Å². The number of para-hydroxylation sites is 4. The first kappa shape index (κ1) is 19.7. The van der Waals surface area contributed by atoms with E-state index in [2.05, 4.69) is 20.6 Å². The summed E-state index contributed by atoms with van der Waals surface area (Å²) < 4.78 is 10.4. The van der Waals surface area contributed by atoms with Gasteiger partial charge < -0.3 is 30.9 Å². The molecule has 29 heavy (non-hydrogen) atoms. The van der Waals surface area contributed by atoms with Crippen LogP contribution in [-0.2, 0) is 4.74 Å². The number of ether oxygens (including phenoxy) is 2. The molecule has 1 aromatic heterocycles. The quantitative estimate of drug-likeness (QED) is 0.351. The summed E-state index contributed by atoms with van der Waals surface area (Å²) >= 11 is 0. The molecule has 0 bridgehead atoms. The molecule has 0 fully saturated rings. The van der Waals surface area contributed by atoms with Gasteiger partial charge >= 0.3 is 5.97 Å². The summed E-state index contributed by atoms with van der Waals surface area (Å²) in [5.41, 5.74) is 7.04. The molecule has 0 spiro atoms. The van der Waals surface area contributed by atoms with E-state index in [1.165, 1.54) is 6.07 Å². The molecule has 5 N–H and O–H groups in total. The summed E-state index contributed by atoms with van der Waals surface area (Å²) in [6.07, 6.45) is 0. The fourth-order valence-electron chi connectivity index (χ4n) is 2.55. The highest BCUT2D eigenvalue weighted by molar-refractivity contribution is 5.96. The molecule has 0 aliphatic carbocycles. The van der Waals surface area contributed by atoms with E-state index >= 15 is 0 Å². The Hall–Kier alpha value is -4.01. The highest BCUT2D eigenvalue weighted by atomic mass is 16.5. The third kappa shape index (κ3) is 4.46. The van der Waals surface area contributed by atoms with Crippen molar-refractivity contribution in [2.24, 2.45) is 0 Å². The van der Waals surface area contributed by atoms with Crippen LogP contribution in [0.1, 0.15) is 17.4 Å². The standard InChI is InChI=1S/C20H21N5O4/c1-3-29-19(27)17-16(21)18(22-13-9-5-7-11-15(13)28-2)25-20(24-17)23-12-8-4-6-10-14(12)26/h4-11,26H,3,21H2,1-2H3,(H2,22,23,24,25). The number of nitrogens with one attached hydrogen (secondary N) is 2. The van der Waals surface area contributed by atoms with Crippen molar-refractivity contribution in [3.05, 3.63) is 54.2 Å². The van der Waals surface area contributed by atoms with Crippen molar-refractivity contribution in [1.82, 2.24) is 9.97 Å². The van der Waals surface area contributed by atoms with E-state index in [4.69, 9.17) is 15.2 Å². The van der Waals surface area contributed by atoms with Gasteiger partial charge in [-0.2, -0.15) is 4.98 Å². The van der Waals surface area contributed by atoms with Crippen molar-refractivity contribution < 1.29 is 19.4 Å². The van der Waals surface area contributed by atoms with E-state index in [1.807, 2.05) is 12.1 Å². The molecular formula is C20H21N5O4. The van der Waals surface area contributed by atoms with Crippen LogP contribution in [-0.4, -0.2) is 34.8 Å². The van der Waals surface area contributed by atoms with E-state index in [-0.39, 0.29) is 35.5 Å². The normalized spacial score (nSPS) is 10.3. The zero-order valence-electron chi connectivity index (χ0n) is 16.0. The number of nitrogens with two attached hydrogens (primary N) is 1. The fraction of sp³-hybridized carbons (Fsp3) is 0.150. The summed E-state index contributed by atoms with van der Waals surface area (Å²) in [5.74, 6) is 0.130. The van der Waals surface area contributed by atoms with Crippen molar-refractivity contribution in [1.29, 1.82) is 0 Å². The highest BCUT2D eigenvalue weighted by Gasteiger charge is 2.20. The molecule has 1 heterocycles. The Bertz CT molecular complexity index is 1030. The van der Waals surface area contributed by atoms with Crippen LogP contribution in [0.4, 0.5) is 28.8 Å². The Morgan fingerprint density at radius 2 is 1.76 bits per heavy atom. The van der Waals surface area contributed by atoms with E-state index < -0.39 is 5.97 Å². The second-order valence-corrected chi connectivity index (χ2v) is 5.85. The Morgan fingerprint density at radius 3 is 2.45 bits per heavy atom. The molecule has 9 heteroatoms. The molecule has 0 aliphatic rings. The molecule has 0 amide bonds. The summed E-state index contributed by atoms with van der Waals surface area (Å²) in [7, 11) is 1.54. The Labute approximate surface area is 167 Å². The summed E-state index contributed by atoms with van der Waals surface area (Å²) in [6.45, 7) is 1.85. The number of hydrogen-bond acceptors (Lipinski definition) is 9. The molecule has 2 aromatic carbocycles. The van der Waals surface area contributed by atoms with Crippen molar-refractivity contribution >= 4 is 34.8 Å². The van der Waals surface area contributed by atoms with Crippen LogP contribution in [0.2, 0.25) is 0 Å². The largest absolute Gasteiger partial charge is 0.506 e. The second-order valence-electron chi connectivity index (χ2n) is 5.85. The fourth-order valence-corrected chi connectivity index (χ4v) is 2.55. The molecule has 0 saturated heterocycles. The average Bonchev–Trinajstić information content (AvgIpc) is 2.72. The number of esters is 1. The summed E-state index contributed by atoms with van der Waals surface area (Å²) in [6, 6.07) is 13.8. The Kier molecular flexibility index (Phi) is 5.98. The van der Waals surface area contributed by atoms with Gasteiger partial charge in [0.25, 0.3) is 0 Å². The lowest BCUT2D eigenvalue weighted by Crippen LogP contribution is -2.15. The van der Waals surface area contributed by atoms with Gasteiger partial charge in [0.15, 0.2) is 11.5 Å². The molecule has 0 aliphatic heterocycles. The van der Waals surface area contributed by atoms with Gasteiger partial charge in [-0.05, 0) is 31.2 Å². The smallest absolute Gasteiger partial charge is 0.359 e. The van der Waals surface area contributed by atoms with Gasteiger partial charge in [-0.25, -0.2) is 9.78 Å². The van der Waals surface area contributed by atoms with Crippen molar-refractivity contribution in [2.45, 2.75) is 6.92 Å². The molecule has 0 radical (unpaired) electrons. The number of aromatic hydroxyl groups is 1. The molecule has 0 unspecified atom stereocenters. The highest BCUT2D eigenvalue weighted by Crippen LogP contribution is 2.32. The van der Waals surface area contributed by atoms with E-state index in [0.29, 0.717) is 17.1 Å². The first-order valence-electron chi connectivity index (χ1n) is 8.83. The number of benzene rings is 2. The van der Waals surface area contributed by atoms with Gasteiger partial charge in [-0.1, -0.05) is 24.3 Å². The van der Waals surface area contributed by atoms with Gasteiger partial charge in [0, 0.05) is 0 Å². The maximum Gasteiger partial charge on any atom is 0.359 e. The minimum atomic E-state index is -0.684. The monoisotopic (exact) mass is 395 g/mol. The number of hydrogen-bond donors (Lipinski definition) is 4. The average molecular weight is 395 g/mol. The number of anilines is 5. The molecular weight excluding hydrogens is 374 g/mol. The van der Waals surface area contributed by atoms with Crippen LogP contribution in [0.3, 0.4) is 0 Å². The zero-order valence-corrected chi connectivity index (χ0v) is 16.0. The van der Waals surface area contributed by atoms with Crippen molar-refractivity contribution in [3.8, 4) is 11.5 Å². The van der Waals surface area contributed by atoms with Gasteiger partial charge in [-0.15, -0.1) is 0 Å². The first-order chi connectivity index (χ1) is 14.0. The molecule has 0 saturated carbocycles. The van der Waals surface area contributed by atoms with Crippen LogP contribution in [0.25, 0.3) is 0 Å². The SMILES string of the molecule is CCOC(=O)c1nc(Nc2ccccc2O)nc(Nc2ccccc2OC)c1N. The number of phenols is 1. The zero-order chi connectivity index (χ0) is 20.8. The molecule has 3 aromatic rings. The molecule has 150 valence electrons. The van der Waals surface area contributed by atoms with Crippen LogP contribution in [0.15, 0.2) is 48.5 Å². The van der Waals surface area contributed by atoms with Gasteiger partial charge in [0.05, 0.1) is 25.1 Å². The lowest BCUT2D eigenvalue weighted by atomic mass is 10.2. The number of nitrogen functional groups attached to an aromatic ring is 1. The summed E-state index contributed by atoms with van der Waals surface area (Å²) in [5, 5.41) is 15.9. The number of aromatic nitrogens is 2. The maximum atomic E-state index is 12.3. The number of methoxy groups -OCH3 is 1. The second kappa shape index (κ2) is 8.79. The van der Waals surface area contributed by atoms with Crippen molar-refractivity contribution in [3.63, 3.8) is 0 Å². The Balaban J connectivity index is 2.05. The van der Waals surface area contributed by atoms with Crippen LogP contribution >= 0.6 is 0 Å². The number of carbonyl (C=O) groups is 1. The predicted molar refractivity (Wildman–Crippen MR) is 110 cm³/mol. The number of carbonyl (C=O) groups excluding carboxylic acids is 1. The third-order valence-corrected chi connectivity index (χ3v) is 3.92. The maximum absolute atomic E-state index is 12.3. The predicted octanol–water partition coefficient (Wildman–Crippen LogP) is 3.44.